The van der Waals surface area contributed by atoms with Gasteiger partial charge in [-0.25, -0.2) is 0 Å². The Balaban J connectivity index is 0.000000219. The third-order valence-corrected chi connectivity index (χ3v) is 2.47. The minimum atomic E-state index is -0.703. The highest BCUT2D eigenvalue weighted by atomic mass is 16.8. The summed E-state index contributed by atoms with van der Waals surface area (Å²) < 4.78 is 40.5. The molecule has 2 aliphatic heterocycles. The molecule has 0 radical (unpaired) electrons. The van der Waals surface area contributed by atoms with E-state index in [4.69, 9.17) is 36.7 Å². The van der Waals surface area contributed by atoms with Crippen molar-refractivity contribution >= 4 is 43.1 Å². The Morgan fingerprint density at radius 3 is 1.52 bits per heavy atom. The Hall–Kier alpha value is 0.0696. The first-order valence-corrected chi connectivity index (χ1v) is 7.01. The fourth-order valence-corrected chi connectivity index (χ4v) is 1.73. The van der Waals surface area contributed by atoms with Gasteiger partial charge >= 0.3 is 43.1 Å². The maximum absolute atomic E-state index is 5.11. The minimum absolute atomic E-state index is 0.135. The summed E-state index contributed by atoms with van der Waals surface area (Å²) in [6.07, 6.45) is 0. The first-order chi connectivity index (χ1) is 9.94. The summed E-state index contributed by atoms with van der Waals surface area (Å²) in [5.74, 6) is 0. The fraction of sp³-hybridized carbons (Fsp3) is 1.00. The molecule has 0 aromatic rings. The molecule has 0 N–H and O–H groups in total. The van der Waals surface area contributed by atoms with E-state index >= 15 is 0 Å². The molecule has 0 aromatic carbocycles. The molecule has 0 aromatic heterocycles. The van der Waals surface area contributed by atoms with Crippen LogP contribution in [0.3, 0.4) is 0 Å². The van der Waals surface area contributed by atoms with Crippen LogP contribution in [-0.2, 0) is 36.7 Å². The molecule has 0 saturated carbocycles. The molecule has 0 atom stereocenters. The lowest BCUT2D eigenvalue weighted by Crippen LogP contribution is -2.50. The molecule has 0 spiro atoms. The lowest BCUT2D eigenvalue weighted by Gasteiger charge is -2.26. The third kappa shape index (κ3) is 7.75. The van der Waals surface area contributed by atoms with Crippen molar-refractivity contribution in [2.75, 3.05) is 13.7 Å². The highest BCUT2D eigenvalue weighted by molar-refractivity contribution is 6.72. The quantitative estimate of drug-likeness (QED) is 0.685. The van der Waals surface area contributed by atoms with Crippen LogP contribution in [0.4, 0.5) is 0 Å². The van der Waals surface area contributed by atoms with Crippen molar-refractivity contribution < 1.29 is 36.7 Å². The van der Waals surface area contributed by atoms with Gasteiger partial charge in [-0.2, -0.15) is 0 Å². The molecule has 8 nitrogen and oxygen atoms in total. The Morgan fingerprint density at radius 1 is 0.667 bits per heavy atom. The smallest absolute Gasteiger partial charge is 0.453 e. The van der Waals surface area contributed by atoms with E-state index in [-0.39, 0.29) is 28.5 Å². The van der Waals surface area contributed by atoms with Crippen LogP contribution < -0.4 is 0 Å². The van der Waals surface area contributed by atoms with E-state index in [2.05, 4.69) is 0 Å². The molecule has 0 amide bonds. The van der Waals surface area contributed by atoms with Crippen molar-refractivity contribution in [1.29, 1.82) is 0 Å². The standard InChI is InChI=1S/C4H11B3O5.C3H9B3O3/c1-4-9-7-11-5(2)10-6(8-3)12-7;1-4-7-5(2)9-6(3)8-4/h4H2,1-3H3;1-3H3. The van der Waals surface area contributed by atoms with Gasteiger partial charge in [-0.1, -0.05) is 0 Å². The van der Waals surface area contributed by atoms with Gasteiger partial charge in [-0.3, -0.25) is 0 Å². The largest absolute Gasteiger partial charge is 0.613 e. The summed E-state index contributed by atoms with van der Waals surface area (Å²) in [7, 11) is -0.684. The van der Waals surface area contributed by atoms with Gasteiger partial charge in [0, 0.05) is 13.7 Å². The Labute approximate surface area is 128 Å². The van der Waals surface area contributed by atoms with Crippen LogP contribution in [0, 0.1) is 0 Å². The van der Waals surface area contributed by atoms with Gasteiger partial charge < -0.3 is 36.7 Å². The molecule has 14 heteroatoms. The van der Waals surface area contributed by atoms with Crippen LogP contribution in [0.15, 0.2) is 0 Å². The van der Waals surface area contributed by atoms with Crippen LogP contribution in [0.1, 0.15) is 6.92 Å². The Bertz CT molecular complexity index is 265. The molecule has 114 valence electrons. The van der Waals surface area contributed by atoms with Crippen molar-refractivity contribution in [3.05, 3.63) is 0 Å². The predicted molar refractivity (Wildman–Crippen MR) is 83.1 cm³/mol. The number of rotatable bonds is 3. The molecule has 2 aliphatic rings. The maximum Gasteiger partial charge on any atom is 0.613 e. The van der Waals surface area contributed by atoms with Crippen molar-refractivity contribution in [3.8, 4) is 0 Å². The molecule has 0 unspecified atom stereocenters. The van der Waals surface area contributed by atoms with Crippen molar-refractivity contribution in [1.82, 2.24) is 0 Å². The summed E-state index contributed by atoms with van der Waals surface area (Å²) in [5.41, 5.74) is 0. The van der Waals surface area contributed by atoms with Gasteiger partial charge in [0.15, 0.2) is 0 Å². The molecule has 0 bridgehead atoms. The zero-order chi connectivity index (χ0) is 15.8. The van der Waals surface area contributed by atoms with E-state index < -0.39 is 14.6 Å². The molecule has 0 aliphatic carbocycles. The zero-order valence-electron chi connectivity index (χ0n) is 13.4. The molecule has 2 rings (SSSR count). The monoisotopic (exact) mass is 298 g/mol. The maximum atomic E-state index is 5.11. The fourth-order valence-electron chi connectivity index (χ4n) is 1.73. The predicted octanol–water partition coefficient (Wildman–Crippen LogP) is 0.224. The van der Waals surface area contributed by atoms with Gasteiger partial charge in [-0.05, 0) is 34.2 Å². The van der Waals surface area contributed by atoms with Crippen molar-refractivity contribution in [2.24, 2.45) is 0 Å². The highest BCUT2D eigenvalue weighted by Crippen LogP contribution is 2.08. The lowest BCUT2D eigenvalue weighted by atomic mass is 9.74. The minimum Gasteiger partial charge on any atom is -0.453 e. The molecular weight excluding hydrogens is 277 g/mol. The SMILES string of the molecule is CB1OB(C)OB(C)O1.CCOB1OB(C)OB(OC)O1. The second-order valence-corrected chi connectivity index (χ2v) is 4.36. The van der Waals surface area contributed by atoms with Crippen LogP contribution in [-0.4, -0.2) is 56.8 Å². The molecule has 2 fully saturated rings. The second kappa shape index (κ2) is 9.96. The molecular formula is C7H20B6O8. The van der Waals surface area contributed by atoms with Crippen molar-refractivity contribution in [3.63, 3.8) is 0 Å². The van der Waals surface area contributed by atoms with Gasteiger partial charge in [0.1, 0.15) is 0 Å². The average Bonchev–Trinajstić information content (AvgIpc) is 2.37. The van der Waals surface area contributed by atoms with Gasteiger partial charge in [-0.15, -0.1) is 0 Å². The van der Waals surface area contributed by atoms with Crippen molar-refractivity contribution in [2.45, 2.75) is 34.2 Å². The van der Waals surface area contributed by atoms with Crippen LogP contribution >= 0.6 is 0 Å². The van der Waals surface area contributed by atoms with Crippen LogP contribution in [0.25, 0.3) is 0 Å². The van der Waals surface area contributed by atoms with E-state index in [1.54, 1.807) is 6.82 Å². The van der Waals surface area contributed by atoms with Gasteiger partial charge in [0.2, 0.25) is 0 Å². The number of hydrogen-bond donors (Lipinski definition) is 0. The molecule has 2 heterocycles. The summed E-state index contributed by atoms with van der Waals surface area (Å²) in [6, 6.07) is 0. The summed E-state index contributed by atoms with van der Waals surface area (Å²) in [6.45, 7) is 9.70. The van der Waals surface area contributed by atoms with E-state index in [0.29, 0.717) is 6.61 Å². The Kier molecular flexibility index (Phi) is 9.07. The van der Waals surface area contributed by atoms with E-state index in [0.717, 1.165) is 0 Å². The molecule has 2 saturated heterocycles. The summed E-state index contributed by atoms with van der Waals surface area (Å²) in [5, 5.41) is 0. The average molecular weight is 297 g/mol. The Morgan fingerprint density at radius 2 is 1.10 bits per heavy atom. The van der Waals surface area contributed by atoms with Crippen LogP contribution in [0.2, 0.25) is 27.3 Å². The third-order valence-electron chi connectivity index (χ3n) is 2.47. The lowest BCUT2D eigenvalue weighted by molar-refractivity contribution is 0.123. The van der Waals surface area contributed by atoms with E-state index in [1.165, 1.54) is 7.11 Å². The first-order valence-electron chi connectivity index (χ1n) is 7.01. The topological polar surface area (TPSA) is 73.8 Å². The number of hydrogen-bond acceptors (Lipinski definition) is 8. The van der Waals surface area contributed by atoms with Gasteiger partial charge in [0.25, 0.3) is 0 Å². The molecule has 21 heavy (non-hydrogen) atoms. The highest BCUT2D eigenvalue weighted by Gasteiger charge is 2.41. The van der Waals surface area contributed by atoms with E-state index in [9.17, 15) is 0 Å². The van der Waals surface area contributed by atoms with Crippen LogP contribution in [0.5, 0.6) is 0 Å². The first kappa shape index (κ1) is 19.1. The summed E-state index contributed by atoms with van der Waals surface area (Å²) in [4.78, 5) is 0. The second-order valence-electron chi connectivity index (χ2n) is 4.36. The zero-order valence-corrected chi connectivity index (χ0v) is 13.4. The summed E-state index contributed by atoms with van der Waals surface area (Å²) >= 11 is 0. The normalized spacial score (nSPS) is 19.7. The van der Waals surface area contributed by atoms with Gasteiger partial charge in [0.05, 0.1) is 0 Å². The van der Waals surface area contributed by atoms with E-state index in [1.807, 2.05) is 27.4 Å².